The number of aromatic amines is 1. The molecule has 0 radical (unpaired) electrons. The number of fused-ring (bicyclic) bond motifs is 1. The fraction of sp³-hybridized carbons (Fsp3) is 0.450. The Bertz CT molecular complexity index is 1190. The maximum absolute atomic E-state index is 14.5. The normalized spacial score (nSPS) is 13.7. The van der Waals surface area contributed by atoms with E-state index in [4.69, 9.17) is 0 Å². The minimum absolute atomic E-state index is 0.136. The zero-order valence-corrected chi connectivity index (χ0v) is 18.8. The van der Waals surface area contributed by atoms with Gasteiger partial charge in [0.15, 0.2) is 17.5 Å². The molecule has 0 aromatic carbocycles. The van der Waals surface area contributed by atoms with E-state index < -0.39 is 33.1 Å². The summed E-state index contributed by atoms with van der Waals surface area (Å²) in [7, 11) is -3.62. The minimum Gasteiger partial charge on any atom is -0.363 e. The molecule has 0 unspecified atom stereocenters. The summed E-state index contributed by atoms with van der Waals surface area (Å²) in [6, 6.07) is 0.378. The molecule has 0 aliphatic heterocycles. The Labute approximate surface area is 180 Å². The summed E-state index contributed by atoms with van der Waals surface area (Å²) in [5.74, 6) is -1.50. The number of H-pyrrole nitrogens is 1. The first kappa shape index (κ1) is 23.0. The summed E-state index contributed by atoms with van der Waals surface area (Å²) in [5, 5.41) is 3.39. The lowest BCUT2D eigenvalue weighted by Gasteiger charge is -2.32. The molecule has 0 saturated carbocycles. The quantitative estimate of drug-likeness (QED) is 0.506. The van der Waals surface area contributed by atoms with Crippen LogP contribution in [0, 0.1) is 17.0 Å². The van der Waals surface area contributed by atoms with Gasteiger partial charge in [-0.1, -0.05) is 20.8 Å². The molecule has 0 saturated heterocycles. The Kier molecular flexibility index (Phi) is 6.28. The van der Waals surface area contributed by atoms with Crippen LogP contribution in [0.1, 0.15) is 34.6 Å². The molecule has 31 heavy (non-hydrogen) atoms. The van der Waals surface area contributed by atoms with E-state index in [-0.39, 0.29) is 23.4 Å². The molecule has 11 heteroatoms. The number of pyridine rings is 1. The molecular formula is C20H26F2N6O2S. The number of aromatic nitrogens is 4. The van der Waals surface area contributed by atoms with Crippen molar-refractivity contribution in [1.29, 1.82) is 0 Å². The summed E-state index contributed by atoms with van der Waals surface area (Å²) in [6.07, 6.45) is 3.64. The summed E-state index contributed by atoms with van der Waals surface area (Å²) in [4.78, 5) is 15.1. The van der Waals surface area contributed by atoms with E-state index in [0.717, 1.165) is 12.4 Å². The van der Waals surface area contributed by atoms with Gasteiger partial charge in [-0.25, -0.2) is 36.9 Å². The highest BCUT2D eigenvalue weighted by Gasteiger charge is 2.31. The smallest absolute Gasteiger partial charge is 0.213 e. The average molecular weight is 453 g/mol. The average Bonchev–Trinajstić information content (AvgIpc) is 3.03. The first-order valence-electron chi connectivity index (χ1n) is 9.78. The molecule has 0 bridgehead atoms. The molecule has 0 fully saturated rings. The Morgan fingerprint density at radius 2 is 1.87 bits per heavy atom. The highest BCUT2D eigenvalue weighted by atomic mass is 32.2. The lowest BCUT2D eigenvalue weighted by Crippen LogP contribution is -2.45. The van der Waals surface area contributed by atoms with Gasteiger partial charge >= 0.3 is 0 Å². The van der Waals surface area contributed by atoms with Crippen LogP contribution in [0.2, 0.25) is 0 Å². The van der Waals surface area contributed by atoms with Gasteiger partial charge in [0, 0.05) is 29.2 Å². The Hall–Kier alpha value is -2.66. The number of rotatable bonds is 7. The number of hydrogen-bond donors (Lipinski definition) is 3. The van der Waals surface area contributed by atoms with Crippen LogP contribution >= 0.6 is 0 Å². The topological polar surface area (TPSA) is 113 Å². The van der Waals surface area contributed by atoms with Gasteiger partial charge in [0.2, 0.25) is 10.0 Å². The zero-order chi connectivity index (χ0) is 23.0. The van der Waals surface area contributed by atoms with E-state index in [9.17, 15) is 17.2 Å². The minimum atomic E-state index is -3.62. The van der Waals surface area contributed by atoms with Crippen LogP contribution in [-0.2, 0) is 10.0 Å². The number of hydrogen-bond acceptors (Lipinski definition) is 6. The number of nitrogens with one attached hydrogen (secondary N) is 3. The largest absolute Gasteiger partial charge is 0.363 e. The molecule has 0 amide bonds. The summed E-state index contributed by atoms with van der Waals surface area (Å²) in [6.45, 7) is 9.01. The fourth-order valence-electron chi connectivity index (χ4n) is 3.06. The van der Waals surface area contributed by atoms with E-state index in [1.54, 1.807) is 20.0 Å². The molecule has 3 heterocycles. The van der Waals surface area contributed by atoms with Gasteiger partial charge in [-0.05, 0) is 25.3 Å². The van der Waals surface area contributed by atoms with Crippen LogP contribution < -0.4 is 10.0 Å². The van der Waals surface area contributed by atoms with Crippen LogP contribution in [0.25, 0.3) is 22.4 Å². The van der Waals surface area contributed by atoms with Crippen LogP contribution in [0.4, 0.5) is 14.6 Å². The van der Waals surface area contributed by atoms with E-state index in [2.05, 4.69) is 30.0 Å². The van der Waals surface area contributed by atoms with Crippen molar-refractivity contribution in [1.82, 2.24) is 24.7 Å². The second-order valence-corrected chi connectivity index (χ2v) is 10.6. The molecule has 3 rings (SSSR count). The van der Waals surface area contributed by atoms with Crippen LogP contribution in [0.15, 0.2) is 24.7 Å². The molecule has 3 aromatic rings. The van der Waals surface area contributed by atoms with Crippen molar-refractivity contribution in [3.8, 4) is 11.4 Å². The SMILES string of the molecule is CC(C)NS(=O)(=O)C[C@@H](Nc1nc(-c2c[nH]c3ncc(F)cc23)ncc1F)C(C)(C)C. The van der Waals surface area contributed by atoms with Crippen LogP contribution in [0.3, 0.4) is 0 Å². The molecule has 8 nitrogen and oxygen atoms in total. The number of nitrogens with zero attached hydrogens (tertiary/aromatic N) is 3. The van der Waals surface area contributed by atoms with E-state index in [1.807, 2.05) is 20.8 Å². The van der Waals surface area contributed by atoms with Crippen molar-refractivity contribution < 1.29 is 17.2 Å². The monoisotopic (exact) mass is 452 g/mol. The Morgan fingerprint density at radius 3 is 2.52 bits per heavy atom. The molecule has 0 spiro atoms. The maximum Gasteiger partial charge on any atom is 0.213 e. The summed E-state index contributed by atoms with van der Waals surface area (Å²) >= 11 is 0. The second-order valence-electron chi connectivity index (χ2n) is 8.76. The molecular weight excluding hydrogens is 426 g/mol. The molecule has 3 N–H and O–H groups in total. The standard InChI is InChI=1S/C20H26F2N6O2S/c1-11(2)28-31(29,30)10-16(20(3,4)5)26-19-15(22)9-25-18(27-19)14-8-24-17-13(14)6-12(21)7-23-17/h6-9,11,16,28H,10H2,1-5H3,(H,23,24)(H,25,26,27)/t16-/m1/s1. The maximum atomic E-state index is 14.5. The van der Waals surface area contributed by atoms with Gasteiger partial charge in [-0.2, -0.15) is 0 Å². The molecule has 168 valence electrons. The number of halogens is 2. The van der Waals surface area contributed by atoms with Gasteiger partial charge in [0.1, 0.15) is 11.5 Å². The van der Waals surface area contributed by atoms with Gasteiger partial charge < -0.3 is 10.3 Å². The van der Waals surface area contributed by atoms with E-state index in [1.165, 1.54) is 6.07 Å². The predicted octanol–water partition coefficient (Wildman–Crippen LogP) is 3.45. The number of sulfonamides is 1. The highest BCUT2D eigenvalue weighted by Crippen LogP contribution is 2.29. The van der Waals surface area contributed by atoms with Gasteiger partial charge in [0.05, 0.1) is 18.1 Å². The molecule has 3 aromatic heterocycles. The number of anilines is 1. The molecule has 0 aliphatic carbocycles. The van der Waals surface area contributed by atoms with Gasteiger partial charge in [-0.3, -0.25) is 0 Å². The third-order valence-corrected chi connectivity index (χ3v) is 6.24. The first-order valence-corrected chi connectivity index (χ1v) is 11.4. The van der Waals surface area contributed by atoms with Crippen molar-refractivity contribution >= 4 is 26.9 Å². The predicted molar refractivity (Wildman–Crippen MR) is 116 cm³/mol. The molecule has 0 aliphatic rings. The summed E-state index contributed by atoms with van der Waals surface area (Å²) in [5.41, 5.74) is 0.362. The van der Waals surface area contributed by atoms with E-state index in [0.29, 0.717) is 16.6 Å². The zero-order valence-electron chi connectivity index (χ0n) is 18.0. The van der Waals surface area contributed by atoms with Crippen LogP contribution in [0.5, 0.6) is 0 Å². The van der Waals surface area contributed by atoms with Gasteiger partial charge in [0.25, 0.3) is 0 Å². The van der Waals surface area contributed by atoms with Crippen molar-refractivity contribution in [2.45, 2.75) is 46.7 Å². The Morgan fingerprint density at radius 1 is 1.16 bits per heavy atom. The lowest BCUT2D eigenvalue weighted by atomic mass is 9.88. The summed E-state index contributed by atoms with van der Waals surface area (Å²) < 4.78 is 55.7. The van der Waals surface area contributed by atoms with Gasteiger partial charge in [-0.15, -0.1) is 0 Å². The molecule has 1 atom stereocenters. The first-order chi connectivity index (χ1) is 14.4. The van der Waals surface area contributed by atoms with Crippen molar-refractivity contribution in [3.05, 3.63) is 36.3 Å². The van der Waals surface area contributed by atoms with Crippen LogP contribution in [-0.4, -0.2) is 46.2 Å². The third-order valence-electron chi connectivity index (χ3n) is 4.64. The van der Waals surface area contributed by atoms with E-state index >= 15 is 0 Å². The highest BCUT2D eigenvalue weighted by molar-refractivity contribution is 7.89. The Balaban J connectivity index is 1.97. The van der Waals surface area contributed by atoms with Crippen molar-refractivity contribution in [2.24, 2.45) is 5.41 Å². The fourth-order valence-corrected chi connectivity index (χ4v) is 4.90. The second kappa shape index (κ2) is 8.46. The lowest BCUT2D eigenvalue weighted by molar-refractivity contribution is 0.356. The van der Waals surface area contributed by atoms with Crippen molar-refractivity contribution in [3.63, 3.8) is 0 Å². The third kappa shape index (κ3) is 5.53. The van der Waals surface area contributed by atoms with Crippen molar-refractivity contribution in [2.75, 3.05) is 11.1 Å².